The van der Waals surface area contributed by atoms with Crippen molar-refractivity contribution in [3.63, 3.8) is 0 Å². The van der Waals surface area contributed by atoms with Crippen LogP contribution in [0.25, 0.3) is 11.3 Å². The van der Waals surface area contributed by atoms with Gasteiger partial charge in [0, 0.05) is 29.4 Å². The van der Waals surface area contributed by atoms with Crippen LogP contribution >= 0.6 is 0 Å². The first-order chi connectivity index (χ1) is 10.6. The van der Waals surface area contributed by atoms with Crippen molar-refractivity contribution >= 4 is 0 Å². The fourth-order valence-corrected chi connectivity index (χ4v) is 2.36. The molecule has 0 amide bonds. The van der Waals surface area contributed by atoms with Gasteiger partial charge in [-0.2, -0.15) is 0 Å². The van der Waals surface area contributed by atoms with Gasteiger partial charge in [0.05, 0.1) is 6.10 Å². The predicted molar refractivity (Wildman–Crippen MR) is 88.1 cm³/mol. The van der Waals surface area contributed by atoms with E-state index in [1.807, 2.05) is 50.2 Å². The fourth-order valence-electron chi connectivity index (χ4n) is 2.36. The lowest BCUT2D eigenvalue weighted by Crippen LogP contribution is -2.22. The van der Waals surface area contributed by atoms with Crippen LogP contribution in [0.4, 0.5) is 0 Å². The first-order valence-corrected chi connectivity index (χ1v) is 7.84. The van der Waals surface area contributed by atoms with Gasteiger partial charge in [-0.15, -0.1) is 0 Å². The standard InChI is InChI=1S/C18H22N2O2/c1-12(2)22-16-5-3-4-13(10-16)17-9-6-14(18(21)20-17)11-19-15-7-8-15/h3-6,9-10,12,15,19H,7-8,11H2,1-2H3,(H,20,21). The Balaban J connectivity index is 1.79. The number of benzene rings is 1. The van der Waals surface area contributed by atoms with Crippen molar-refractivity contribution in [2.45, 2.75) is 45.4 Å². The van der Waals surface area contributed by atoms with Gasteiger partial charge in [-0.05, 0) is 44.9 Å². The molecule has 0 spiro atoms. The summed E-state index contributed by atoms with van der Waals surface area (Å²) in [6, 6.07) is 12.3. The van der Waals surface area contributed by atoms with Crippen LogP contribution in [0.2, 0.25) is 0 Å². The molecule has 1 saturated carbocycles. The fraction of sp³-hybridized carbons (Fsp3) is 0.389. The second kappa shape index (κ2) is 6.36. The van der Waals surface area contributed by atoms with E-state index in [1.54, 1.807) is 0 Å². The SMILES string of the molecule is CC(C)Oc1cccc(-c2ccc(CNC3CC3)c(=O)[nH]2)c1. The van der Waals surface area contributed by atoms with Crippen LogP contribution in [-0.4, -0.2) is 17.1 Å². The monoisotopic (exact) mass is 298 g/mol. The molecule has 1 fully saturated rings. The molecule has 3 rings (SSSR count). The van der Waals surface area contributed by atoms with E-state index in [0.717, 1.165) is 22.6 Å². The highest BCUT2D eigenvalue weighted by molar-refractivity contribution is 5.61. The van der Waals surface area contributed by atoms with Crippen molar-refractivity contribution in [2.75, 3.05) is 0 Å². The van der Waals surface area contributed by atoms with Crippen molar-refractivity contribution in [3.8, 4) is 17.0 Å². The molecule has 1 aliphatic rings. The number of hydrogen-bond acceptors (Lipinski definition) is 3. The molecular formula is C18H22N2O2. The zero-order chi connectivity index (χ0) is 15.5. The quantitative estimate of drug-likeness (QED) is 0.861. The van der Waals surface area contributed by atoms with Gasteiger partial charge in [0.15, 0.2) is 0 Å². The zero-order valence-corrected chi connectivity index (χ0v) is 13.1. The normalized spacial score (nSPS) is 14.3. The number of nitrogens with one attached hydrogen (secondary N) is 2. The summed E-state index contributed by atoms with van der Waals surface area (Å²) in [5.41, 5.74) is 2.53. The molecule has 4 nitrogen and oxygen atoms in total. The minimum absolute atomic E-state index is 0.0270. The van der Waals surface area contributed by atoms with E-state index in [-0.39, 0.29) is 11.7 Å². The molecule has 4 heteroatoms. The summed E-state index contributed by atoms with van der Waals surface area (Å²) in [6.07, 6.45) is 2.57. The second-order valence-electron chi connectivity index (χ2n) is 6.08. The highest BCUT2D eigenvalue weighted by atomic mass is 16.5. The van der Waals surface area contributed by atoms with Crippen molar-refractivity contribution in [2.24, 2.45) is 0 Å². The van der Waals surface area contributed by atoms with Crippen LogP contribution in [0.3, 0.4) is 0 Å². The molecule has 2 N–H and O–H groups in total. The Hall–Kier alpha value is -2.07. The molecule has 0 radical (unpaired) electrons. The molecule has 2 aromatic rings. The zero-order valence-electron chi connectivity index (χ0n) is 13.1. The number of aromatic amines is 1. The van der Waals surface area contributed by atoms with Gasteiger partial charge in [-0.3, -0.25) is 4.79 Å². The van der Waals surface area contributed by atoms with Crippen LogP contribution < -0.4 is 15.6 Å². The van der Waals surface area contributed by atoms with Gasteiger partial charge in [-0.25, -0.2) is 0 Å². The lowest BCUT2D eigenvalue weighted by molar-refractivity contribution is 0.242. The number of rotatable bonds is 6. The third-order valence-corrected chi connectivity index (χ3v) is 3.67. The summed E-state index contributed by atoms with van der Waals surface area (Å²) in [4.78, 5) is 15.1. The highest BCUT2D eigenvalue weighted by Gasteiger charge is 2.20. The molecule has 0 unspecified atom stereocenters. The summed E-state index contributed by atoms with van der Waals surface area (Å²) in [7, 11) is 0. The number of aromatic nitrogens is 1. The lowest BCUT2D eigenvalue weighted by Gasteiger charge is -2.11. The van der Waals surface area contributed by atoms with Gasteiger partial charge in [0.25, 0.3) is 5.56 Å². The predicted octanol–water partition coefficient (Wildman–Crippen LogP) is 3.08. The summed E-state index contributed by atoms with van der Waals surface area (Å²) in [6.45, 7) is 4.63. The Kier molecular flexibility index (Phi) is 4.29. The van der Waals surface area contributed by atoms with Crippen molar-refractivity contribution in [3.05, 3.63) is 52.3 Å². The molecule has 0 bridgehead atoms. The van der Waals surface area contributed by atoms with E-state index in [9.17, 15) is 4.79 Å². The smallest absolute Gasteiger partial charge is 0.252 e. The molecule has 0 aliphatic heterocycles. The van der Waals surface area contributed by atoms with Gasteiger partial charge in [0.2, 0.25) is 0 Å². The van der Waals surface area contributed by atoms with E-state index in [4.69, 9.17) is 4.74 Å². The molecule has 22 heavy (non-hydrogen) atoms. The van der Waals surface area contributed by atoms with Gasteiger partial charge < -0.3 is 15.0 Å². The Morgan fingerprint density at radius 1 is 1.27 bits per heavy atom. The Bertz CT molecular complexity index is 702. The summed E-state index contributed by atoms with van der Waals surface area (Å²) in [5, 5.41) is 3.36. The van der Waals surface area contributed by atoms with Gasteiger partial charge >= 0.3 is 0 Å². The Morgan fingerprint density at radius 2 is 2.09 bits per heavy atom. The minimum atomic E-state index is -0.0270. The number of hydrogen-bond donors (Lipinski definition) is 2. The lowest BCUT2D eigenvalue weighted by atomic mass is 10.1. The molecule has 0 saturated heterocycles. The van der Waals surface area contributed by atoms with E-state index in [1.165, 1.54) is 12.8 Å². The van der Waals surface area contributed by atoms with Crippen molar-refractivity contribution in [1.29, 1.82) is 0 Å². The van der Waals surface area contributed by atoms with Crippen LogP contribution in [0, 0.1) is 0 Å². The number of ether oxygens (including phenoxy) is 1. The minimum Gasteiger partial charge on any atom is -0.491 e. The maximum atomic E-state index is 12.2. The van der Waals surface area contributed by atoms with Crippen LogP contribution in [0.5, 0.6) is 5.75 Å². The highest BCUT2D eigenvalue weighted by Crippen LogP contribution is 2.23. The van der Waals surface area contributed by atoms with Gasteiger partial charge in [0.1, 0.15) is 5.75 Å². The molecule has 1 aromatic heterocycles. The van der Waals surface area contributed by atoms with E-state index < -0.39 is 0 Å². The Morgan fingerprint density at radius 3 is 2.77 bits per heavy atom. The first kappa shape index (κ1) is 14.9. The number of pyridine rings is 1. The van der Waals surface area contributed by atoms with Crippen LogP contribution in [-0.2, 0) is 6.54 Å². The summed E-state index contributed by atoms with van der Waals surface area (Å²) in [5.74, 6) is 0.813. The topological polar surface area (TPSA) is 54.1 Å². The molecular weight excluding hydrogens is 276 g/mol. The van der Waals surface area contributed by atoms with Crippen LogP contribution in [0.1, 0.15) is 32.3 Å². The number of H-pyrrole nitrogens is 1. The second-order valence-corrected chi connectivity index (χ2v) is 6.08. The van der Waals surface area contributed by atoms with E-state index >= 15 is 0 Å². The van der Waals surface area contributed by atoms with E-state index in [0.29, 0.717) is 12.6 Å². The molecule has 1 heterocycles. The summed E-state index contributed by atoms with van der Waals surface area (Å²) >= 11 is 0. The average Bonchev–Trinajstić information content (AvgIpc) is 3.30. The molecule has 1 aliphatic carbocycles. The largest absolute Gasteiger partial charge is 0.491 e. The molecule has 0 atom stereocenters. The van der Waals surface area contributed by atoms with Crippen LogP contribution in [0.15, 0.2) is 41.2 Å². The third kappa shape index (κ3) is 3.77. The van der Waals surface area contributed by atoms with Crippen molar-refractivity contribution < 1.29 is 4.74 Å². The van der Waals surface area contributed by atoms with Gasteiger partial charge in [-0.1, -0.05) is 18.2 Å². The maximum absolute atomic E-state index is 12.2. The summed E-state index contributed by atoms with van der Waals surface area (Å²) < 4.78 is 5.70. The maximum Gasteiger partial charge on any atom is 0.252 e. The molecule has 1 aromatic carbocycles. The molecule has 116 valence electrons. The Labute approximate surface area is 130 Å². The van der Waals surface area contributed by atoms with Crippen molar-refractivity contribution in [1.82, 2.24) is 10.3 Å². The third-order valence-electron chi connectivity index (χ3n) is 3.67. The van der Waals surface area contributed by atoms with E-state index in [2.05, 4.69) is 10.3 Å². The first-order valence-electron chi connectivity index (χ1n) is 7.84. The average molecular weight is 298 g/mol.